The summed E-state index contributed by atoms with van der Waals surface area (Å²) in [7, 11) is 0. The second-order valence-electron chi connectivity index (χ2n) is 5.52. The Kier molecular flexibility index (Phi) is 8.59. The van der Waals surface area contributed by atoms with Gasteiger partial charge in [0, 0.05) is 13.1 Å². The summed E-state index contributed by atoms with van der Waals surface area (Å²) < 4.78 is 0. The molecule has 0 aliphatic rings. The molecule has 0 unspecified atom stereocenters. The van der Waals surface area contributed by atoms with E-state index in [1.165, 1.54) is 4.90 Å². The molecule has 4 atom stereocenters. The van der Waals surface area contributed by atoms with Crippen LogP contribution in [-0.2, 0) is 11.2 Å². The minimum absolute atomic E-state index is 0.242. The Bertz CT molecular complexity index is 509. The lowest BCUT2D eigenvalue weighted by Crippen LogP contribution is -2.50. The Morgan fingerprint density at radius 1 is 1.08 bits per heavy atom. The zero-order chi connectivity index (χ0) is 18.1. The lowest BCUT2D eigenvalue weighted by atomic mass is 10.0. The molecule has 24 heavy (non-hydrogen) atoms. The SMILES string of the molecule is C=CC(=O)N(CCc1ccccc1)C[C@H](O)[C@@H](O)[C@@H](O)[C@H](O)CO. The molecule has 0 fully saturated rings. The Balaban J connectivity index is 2.68. The maximum absolute atomic E-state index is 11.9. The molecule has 0 bridgehead atoms. The van der Waals surface area contributed by atoms with Gasteiger partial charge in [-0.05, 0) is 18.1 Å². The molecule has 0 heterocycles. The van der Waals surface area contributed by atoms with Crippen molar-refractivity contribution in [2.45, 2.75) is 30.8 Å². The van der Waals surface area contributed by atoms with Crippen LogP contribution in [0.2, 0.25) is 0 Å². The Labute approximate surface area is 141 Å². The molecule has 7 nitrogen and oxygen atoms in total. The number of carbonyl (C=O) groups is 1. The van der Waals surface area contributed by atoms with Crippen molar-refractivity contribution in [3.05, 3.63) is 48.6 Å². The molecular formula is C17H25NO6. The summed E-state index contributed by atoms with van der Waals surface area (Å²) in [6.45, 7) is 2.70. The summed E-state index contributed by atoms with van der Waals surface area (Å²) in [6, 6.07) is 9.44. The van der Waals surface area contributed by atoms with Crippen molar-refractivity contribution < 1.29 is 30.3 Å². The first kappa shape index (κ1) is 20.3. The van der Waals surface area contributed by atoms with Crippen molar-refractivity contribution in [1.29, 1.82) is 0 Å². The molecule has 1 amide bonds. The minimum Gasteiger partial charge on any atom is -0.394 e. The quantitative estimate of drug-likeness (QED) is 0.337. The Morgan fingerprint density at radius 2 is 1.67 bits per heavy atom. The maximum atomic E-state index is 11.9. The van der Waals surface area contributed by atoms with Crippen LogP contribution in [0.1, 0.15) is 5.56 Å². The third kappa shape index (κ3) is 6.03. The van der Waals surface area contributed by atoms with E-state index >= 15 is 0 Å². The topological polar surface area (TPSA) is 121 Å². The summed E-state index contributed by atoms with van der Waals surface area (Å²) in [5.41, 5.74) is 1.00. The number of aliphatic hydroxyl groups is 5. The van der Waals surface area contributed by atoms with Gasteiger partial charge in [0.05, 0.1) is 6.61 Å². The smallest absolute Gasteiger partial charge is 0.246 e. The van der Waals surface area contributed by atoms with E-state index in [-0.39, 0.29) is 13.1 Å². The highest BCUT2D eigenvalue weighted by Gasteiger charge is 2.31. The van der Waals surface area contributed by atoms with Gasteiger partial charge in [-0.15, -0.1) is 0 Å². The summed E-state index contributed by atoms with van der Waals surface area (Å²) in [5.74, 6) is -0.422. The number of rotatable bonds is 10. The third-order valence-electron chi connectivity index (χ3n) is 3.73. The first-order valence-corrected chi connectivity index (χ1v) is 7.69. The zero-order valence-electron chi connectivity index (χ0n) is 13.4. The molecule has 0 aliphatic heterocycles. The van der Waals surface area contributed by atoms with Crippen LogP contribution in [0.5, 0.6) is 0 Å². The van der Waals surface area contributed by atoms with Crippen LogP contribution in [0.4, 0.5) is 0 Å². The molecule has 5 N–H and O–H groups in total. The number of nitrogens with zero attached hydrogens (tertiary/aromatic N) is 1. The predicted octanol–water partition coefficient (Wildman–Crippen LogP) is -1.32. The molecule has 0 saturated heterocycles. The van der Waals surface area contributed by atoms with Crippen molar-refractivity contribution in [2.24, 2.45) is 0 Å². The molecule has 0 radical (unpaired) electrons. The first-order chi connectivity index (χ1) is 11.4. The molecule has 134 valence electrons. The second-order valence-corrected chi connectivity index (χ2v) is 5.52. The van der Waals surface area contributed by atoms with E-state index in [4.69, 9.17) is 5.11 Å². The summed E-state index contributed by atoms with van der Waals surface area (Å²) >= 11 is 0. The monoisotopic (exact) mass is 339 g/mol. The van der Waals surface area contributed by atoms with Crippen LogP contribution < -0.4 is 0 Å². The molecular weight excluding hydrogens is 314 g/mol. The second kappa shape index (κ2) is 10.2. The standard InChI is InChI=1S/C17H25NO6/c1-2-15(22)18(9-8-12-6-4-3-5-7-12)10-13(20)16(23)17(24)14(21)11-19/h2-7,13-14,16-17,19-21,23-24H,1,8-11H2/t13-,14+,16+,17-/m0/s1. The van der Waals surface area contributed by atoms with E-state index < -0.39 is 36.9 Å². The number of aliphatic hydroxyl groups excluding tert-OH is 5. The average Bonchev–Trinajstić information content (AvgIpc) is 2.62. The highest BCUT2D eigenvalue weighted by atomic mass is 16.4. The van der Waals surface area contributed by atoms with Gasteiger partial charge < -0.3 is 30.4 Å². The number of benzene rings is 1. The highest BCUT2D eigenvalue weighted by molar-refractivity contribution is 5.87. The van der Waals surface area contributed by atoms with Gasteiger partial charge in [0.25, 0.3) is 0 Å². The minimum atomic E-state index is -1.72. The van der Waals surface area contributed by atoms with Gasteiger partial charge in [-0.1, -0.05) is 36.9 Å². The molecule has 1 rings (SSSR count). The van der Waals surface area contributed by atoms with Crippen molar-refractivity contribution in [1.82, 2.24) is 4.90 Å². The van der Waals surface area contributed by atoms with Crippen LogP contribution in [-0.4, -0.2) is 80.5 Å². The predicted molar refractivity (Wildman–Crippen MR) is 88.0 cm³/mol. The summed E-state index contributed by atoms with van der Waals surface area (Å²) in [6.07, 6.45) is -4.85. The lowest BCUT2D eigenvalue weighted by molar-refractivity contribution is -0.135. The van der Waals surface area contributed by atoms with Crippen molar-refractivity contribution in [3.8, 4) is 0 Å². The van der Waals surface area contributed by atoms with E-state index in [9.17, 15) is 25.2 Å². The van der Waals surface area contributed by atoms with Crippen LogP contribution >= 0.6 is 0 Å². The van der Waals surface area contributed by atoms with E-state index in [1.54, 1.807) is 0 Å². The van der Waals surface area contributed by atoms with Gasteiger partial charge in [0.2, 0.25) is 5.91 Å². The van der Waals surface area contributed by atoms with Crippen molar-refractivity contribution in [3.63, 3.8) is 0 Å². The fourth-order valence-corrected chi connectivity index (χ4v) is 2.23. The van der Waals surface area contributed by atoms with E-state index in [1.807, 2.05) is 30.3 Å². The third-order valence-corrected chi connectivity index (χ3v) is 3.73. The van der Waals surface area contributed by atoms with Crippen molar-refractivity contribution >= 4 is 5.91 Å². The molecule has 1 aromatic carbocycles. The molecule has 0 aromatic heterocycles. The van der Waals surface area contributed by atoms with E-state index in [0.29, 0.717) is 6.42 Å². The molecule has 1 aromatic rings. The van der Waals surface area contributed by atoms with Gasteiger partial charge in [0.15, 0.2) is 0 Å². The summed E-state index contributed by atoms with van der Waals surface area (Å²) in [4.78, 5) is 13.2. The lowest BCUT2D eigenvalue weighted by Gasteiger charge is -2.30. The number of hydrogen-bond donors (Lipinski definition) is 5. The average molecular weight is 339 g/mol. The fraction of sp³-hybridized carbons (Fsp3) is 0.471. The molecule has 0 spiro atoms. The maximum Gasteiger partial charge on any atom is 0.246 e. The molecule has 7 heteroatoms. The van der Waals surface area contributed by atoms with Gasteiger partial charge in [-0.2, -0.15) is 0 Å². The number of amides is 1. The van der Waals surface area contributed by atoms with Crippen LogP contribution in [0, 0.1) is 0 Å². The number of carbonyl (C=O) groups excluding carboxylic acids is 1. The zero-order valence-corrected chi connectivity index (χ0v) is 13.4. The fourth-order valence-electron chi connectivity index (χ4n) is 2.23. The van der Waals surface area contributed by atoms with Gasteiger partial charge in [-0.3, -0.25) is 4.79 Å². The van der Waals surface area contributed by atoms with Crippen LogP contribution in [0.3, 0.4) is 0 Å². The molecule has 0 saturated carbocycles. The van der Waals surface area contributed by atoms with Crippen LogP contribution in [0.25, 0.3) is 0 Å². The van der Waals surface area contributed by atoms with E-state index in [0.717, 1.165) is 11.6 Å². The van der Waals surface area contributed by atoms with Gasteiger partial charge in [-0.25, -0.2) is 0 Å². The largest absolute Gasteiger partial charge is 0.394 e. The van der Waals surface area contributed by atoms with Gasteiger partial charge >= 0.3 is 0 Å². The summed E-state index contributed by atoms with van der Waals surface area (Å²) in [5, 5.41) is 47.6. The first-order valence-electron chi connectivity index (χ1n) is 7.69. The van der Waals surface area contributed by atoms with Crippen LogP contribution in [0.15, 0.2) is 43.0 Å². The Morgan fingerprint density at radius 3 is 2.21 bits per heavy atom. The highest BCUT2D eigenvalue weighted by Crippen LogP contribution is 2.09. The molecule has 0 aliphatic carbocycles. The van der Waals surface area contributed by atoms with Gasteiger partial charge in [0.1, 0.15) is 24.4 Å². The normalized spacial score (nSPS) is 16.0. The number of hydrogen-bond acceptors (Lipinski definition) is 6. The van der Waals surface area contributed by atoms with Crippen molar-refractivity contribution in [2.75, 3.05) is 19.7 Å². The van der Waals surface area contributed by atoms with E-state index in [2.05, 4.69) is 6.58 Å². The Hall–Kier alpha value is -1.77.